The number of hydrogen-bond donors (Lipinski definition) is 0. The lowest BCUT2D eigenvalue weighted by atomic mass is 10.1. The molecule has 1 unspecified atom stereocenters. The van der Waals surface area contributed by atoms with Gasteiger partial charge < -0.3 is 4.74 Å². The highest BCUT2D eigenvalue weighted by Crippen LogP contribution is 2.17. The van der Waals surface area contributed by atoms with Crippen molar-refractivity contribution >= 4 is 0 Å². The van der Waals surface area contributed by atoms with Gasteiger partial charge in [-0.25, -0.2) is 0 Å². The molecule has 1 heteroatoms. The normalized spacial score (nSPS) is 12.4. The molecule has 0 bridgehead atoms. The van der Waals surface area contributed by atoms with Crippen LogP contribution in [0.5, 0.6) is 5.75 Å². The van der Waals surface area contributed by atoms with Crippen molar-refractivity contribution in [2.24, 2.45) is 0 Å². The van der Waals surface area contributed by atoms with E-state index in [1.807, 2.05) is 30.3 Å². The zero-order chi connectivity index (χ0) is 10.9. The Morgan fingerprint density at radius 2 is 1.73 bits per heavy atom. The number of hydrogen-bond acceptors (Lipinski definition) is 1. The van der Waals surface area contributed by atoms with Crippen molar-refractivity contribution in [2.45, 2.75) is 52.1 Å². The van der Waals surface area contributed by atoms with Gasteiger partial charge in [-0.15, -0.1) is 0 Å². The predicted octanol–water partition coefficient (Wildman–Crippen LogP) is 4.42. The Labute approximate surface area is 93.5 Å². The minimum Gasteiger partial charge on any atom is -0.490 e. The first-order valence-corrected chi connectivity index (χ1v) is 6.08. The lowest BCUT2D eigenvalue weighted by Crippen LogP contribution is -2.15. The summed E-state index contributed by atoms with van der Waals surface area (Å²) >= 11 is 0. The molecule has 0 aliphatic carbocycles. The van der Waals surface area contributed by atoms with E-state index in [-0.39, 0.29) is 0 Å². The molecule has 1 aromatic rings. The third kappa shape index (κ3) is 4.87. The Morgan fingerprint density at radius 1 is 1.00 bits per heavy atom. The molecule has 0 amide bonds. The first-order valence-electron chi connectivity index (χ1n) is 6.08. The predicted molar refractivity (Wildman–Crippen MR) is 65.3 cm³/mol. The van der Waals surface area contributed by atoms with Crippen LogP contribution in [0.25, 0.3) is 0 Å². The van der Waals surface area contributed by atoms with Crippen LogP contribution in [0.15, 0.2) is 30.3 Å². The maximum atomic E-state index is 5.96. The van der Waals surface area contributed by atoms with E-state index in [2.05, 4.69) is 13.8 Å². The van der Waals surface area contributed by atoms with E-state index in [4.69, 9.17) is 4.74 Å². The van der Waals surface area contributed by atoms with Gasteiger partial charge in [0.1, 0.15) is 5.75 Å². The number of ether oxygens (including phenoxy) is 1. The van der Waals surface area contributed by atoms with Crippen LogP contribution in [-0.2, 0) is 0 Å². The second kappa shape index (κ2) is 7.33. The van der Waals surface area contributed by atoms with Crippen LogP contribution in [0.3, 0.4) is 0 Å². The van der Waals surface area contributed by atoms with E-state index < -0.39 is 0 Å². The topological polar surface area (TPSA) is 9.23 Å². The average molecular weight is 206 g/mol. The lowest BCUT2D eigenvalue weighted by Gasteiger charge is -2.18. The van der Waals surface area contributed by atoms with Gasteiger partial charge in [-0.1, -0.05) is 51.3 Å². The van der Waals surface area contributed by atoms with Crippen LogP contribution in [-0.4, -0.2) is 6.10 Å². The molecule has 0 N–H and O–H groups in total. The highest BCUT2D eigenvalue weighted by Gasteiger charge is 2.08. The maximum Gasteiger partial charge on any atom is 0.119 e. The molecule has 0 spiro atoms. The fraction of sp³-hybridized carbons (Fsp3) is 0.571. The Hall–Kier alpha value is -0.980. The van der Waals surface area contributed by atoms with E-state index in [0.717, 1.165) is 12.2 Å². The lowest BCUT2D eigenvalue weighted by molar-refractivity contribution is 0.176. The van der Waals surface area contributed by atoms with Gasteiger partial charge in [0, 0.05) is 0 Å². The first-order chi connectivity index (χ1) is 7.36. The van der Waals surface area contributed by atoms with Crippen molar-refractivity contribution in [3.8, 4) is 5.75 Å². The van der Waals surface area contributed by atoms with Gasteiger partial charge in [-0.05, 0) is 25.0 Å². The van der Waals surface area contributed by atoms with Crippen LogP contribution < -0.4 is 4.74 Å². The van der Waals surface area contributed by atoms with Gasteiger partial charge in [0.2, 0.25) is 0 Å². The molecule has 0 saturated carbocycles. The van der Waals surface area contributed by atoms with Crippen molar-refractivity contribution in [1.29, 1.82) is 0 Å². The summed E-state index contributed by atoms with van der Waals surface area (Å²) in [5.74, 6) is 1.01. The summed E-state index contributed by atoms with van der Waals surface area (Å²) in [6.45, 7) is 4.44. The molecular weight excluding hydrogens is 184 g/mol. The van der Waals surface area contributed by atoms with Gasteiger partial charge in [0.05, 0.1) is 6.10 Å². The second-order valence-corrected chi connectivity index (χ2v) is 3.98. The Morgan fingerprint density at radius 3 is 2.33 bits per heavy atom. The zero-order valence-corrected chi connectivity index (χ0v) is 9.91. The maximum absolute atomic E-state index is 5.96. The molecule has 0 saturated heterocycles. The number of benzene rings is 1. The molecule has 0 aliphatic rings. The number of unbranched alkanes of at least 4 members (excludes halogenated alkanes) is 1. The Kier molecular flexibility index (Phi) is 5.91. The zero-order valence-electron chi connectivity index (χ0n) is 9.91. The summed E-state index contributed by atoms with van der Waals surface area (Å²) in [5.41, 5.74) is 0. The summed E-state index contributed by atoms with van der Waals surface area (Å²) in [6, 6.07) is 10.1. The third-order valence-electron chi connectivity index (χ3n) is 2.54. The first kappa shape index (κ1) is 12.1. The van der Waals surface area contributed by atoms with Crippen molar-refractivity contribution < 1.29 is 4.74 Å². The number of para-hydroxylation sites is 1. The van der Waals surface area contributed by atoms with Gasteiger partial charge >= 0.3 is 0 Å². The minimum absolute atomic E-state index is 0.400. The Bertz CT molecular complexity index is 243. The monoisotopic (exact) mass is 206 g/mol. The minimum atomic E-state index is 0.400. The molecule has 0 aliphatic heterocycles. The smallest absolute Gasteiger partial charge is 0.119 e. The molecule has 0 fully saturated rings. The van der Waals surface area contributed by atoms with Crippen LogP contribution in [0.4, 0.5) is 0 Å². The molecule has 0 aromatic heterocycles. The van der Waals surface area contributed by atoms with Crippen LogP contribution in [0, 0.1) is 0 Å². The van der Waals surface area contributed by atoms with Gasteiger partial charge in [0.25, 0.3) is 0 Å². The van der Waals surface area contributed by atoms with E-state index in [0.29, 0.717) is 6.10 Å². The van der Waals surface area contributed by atoms with Gasteiger partial charge in [-0.2, -0.15) is 0 Å². The second-order valence-electron chi connectivity index (χ2n) is 3.98. The molecular formula is C14H22O. The summed E-state index contributed by atoms with van der Waals surface area (Å²) in [6.07, 6.45) is 6.45. The fourth-order valence-electron chi connectivity index (χ4n) is 1.71. The standard InChI is InChI=1S/C14H22O/c1-3-5-10-13(9-4-2)15-14-11-7-6-8-12-14/h6-8,11-13H,3-5,9-10H2,1-2H3. The van der Waals surface area contributed by atoms with Crippen LogP contribution in [0.2, 0.25) is 0 Å². The molecule has 15 heavy (non-hydrogen) atoms. The third-order valence-corrected chi connectivity index (χ3v) is 2.54. The van der Waals surface area contributed by atoms with Crippen LogP contribution >= 0.6 is 0 Å². The highest BCUT2D eigenvalue weighted by atomic mass is 16.5. The molecule has 1 rings (SSSR count). The summed E-state index contributed by atoms with van der Waals surface area (Å²) in [5, 5.41) is 0. The molecule has 1 aromatic carbocycles. The Balaban J connectivity index is 2.43. The van der Waals surface area contributed by atoms with Gasteiger partial charge in [0.15, 0.2) is 0 Å². The average Bonchev–Trinajstić information content (AvgIpc) is 2.28. The van der Waals surface area contributed by atoms with E-state index in [9.17, 15) is 0 Å². The fourth-order valence-corrected chi connectivity index (χ4v) is 1.71. The summed E-state index contributed by atoms with van der Waals surface area (Å²) in [7, 11) is 0. The van der Waals surface area contributed by atoms with Crippen molar-refractivity contribution in [2.75, 3.05) is 0 Å². The molecule has 0 heterocycles. The van der Waals surface area contributed by atoms with Gasteiger partial charge in [-0.3, -0.25) is 0 Å². The van der Waals surface area contributed by atoms with E-state index in [1.54, 1.807) is 0 Å². The largest absolute Gasteiger partial charge is 0.490 e. The molecule has 1 nitrogen and oxygen atoms in total. The number of rotatable bonds is 7. The molecule has 84 valence electrons. The van der Waals surface area contributed by atoms with Crippen molar-refractivity contribution in [3.05, 3.63) is 30.3 Å². The highest BCUT2D eigenvalue weighted by molar-refractivity contribution is 5.21. The van der Waals surface area contributed by atoms with Crippen molar-refractivity contribution in [1.82, 2.24) is 0 Å². The summed E-state index contributed by atoms with van der Waals surface area (Å²) in [4.78, 5) is 0. The van der Waals surface area contributed by atoms with Crippen LogP contribution in [0.1, 0.15) is 46.0 Å². The summed E-state index contributed by atoms with van der Waals surface area (Å²) < 4.78 is 5.96. The quantitative estimate of drug-likeness (QED) is 0.641. The SMILES string of the molecule is CCCCC(CCC)Oc1ccccc1. The van der Waals surface area contributed by atoms with E-state index in [1.165, 1.54) is 25.7 Å². The van der Waals surface area contributed by atoms with Crippen molar-refractivity contribution in [3.63, 3.8) is 0 Å². The molecule has 1 atom stereocenters. The molecule has 0 radical (unpaired) electrons. The van der Waals surface area contributed by atoms with E-state index >= 15 is 0 Å².